The van der Waals surface area contributed by atoms with Crippen LogP contribution in [0.4, 0.5) is 11.4 Å². The van der Waals surface area contributed by atoms with E-state index >= 15 is 0 Å². The van der Waals surface area contributed by atoms with Crippen molar-refractivity contribution in [3.05, 3.63) is 98.2 Å². The van der Waals surface area contributed by atoms with Gasteiger partial charge < -0.3 is 14.0 Å². The summed E-state index contributed by atoms with van der Waals surface area (Å²) in [6.45, 7) is 2.72. The number of rotatable bonds is 8. The zero-order valence-electron chi connectivity index (χ0n) is 19.2. The van der Waals surface area contributed by atoms with E-state index in [9.17, 15) is 10.1 Å². The van der Waals surface area contributed by atoms with Crippen molar-refractivity contribution in [1.29, 1.82) is 0 Å². The summed E-state index contributed by atoms with van der Waals surface area (Å²) in [4.78, 5) is 16.4. The molecule has 0 N–H and O–H groups in total. The predicted molar refractivity (Wildman–Crippen MR) is 134 cm³/mol. The Hall–Kier alpha value is -3.91. The molecule has 34 heavy (non-hydrogen) atoms. The maximum atomic E-state index is 11.1. The summed E-state index contributed by atoms with van der Waals surface area (Å²) < 4.78 is 12.9. The fourth-order valence-corrected chi connectivity index (χ4v) is 4.58. The third-order valence-electron chi connectivity index (χ3n) is 5.50. The molecule has 174 valence electrons. The number of hydrogen-bond donors (Lipinski definition) is 0. The van der Waals surface area contributed by atoms with Crippen molar-refractivity contribution in [2.75, 3.05) is 14.2 Å². The van der Waals surface area contributed by atoms with E-state index in [2.05, 4.69) is 4.57 Å². The second kappa shape index (κ2) is 10.4. The molecule has 4 aromatic rings. The largest absolute Gasteiger partial charge is 0.493 e. The highest BCUT2D eigenvalue weighted by Gasteiger charge is 2.12. The molecule has 0 spiro atoms. The Morgan fingerprint density at radius 2 is 1.68 bits per heavy atom. The molecule has 1 aromatic heterocycles. The van der Waals surface area contributed by atoms with Crippen molar-refractivity contribution in [3.8, 4) is 22.8 Å². The van der Waals surface area contributed by atoms with Gasteiger partial charge in [-0.1, -0.05) is 23.8 Å². The van der Waals surface area contributed by atoms with Crippen LogP contribution in [0.1, 0.15) is 11.1 Å². The fraction of sp³-hybridized carbons (Fsp3) is 0.192. The summed E-state index contributed by atoms with van der Waals surface area (Å²) in [7, 11) is 3.24. The molecular formula is C26H25N3O4S. The summed E-state index contributed by atoms with van der Waals surface area (Å²) in [5, 5.41) is 13.1. The number of hydrogen-bond acceptors (Lipinski definition) is 6. The van der Waals surface area contributed by atoms with E-state index in [0.29, 0.717) is 18.0 Å². The predicted octanol–water partition coefficient (Wildman–Crippen LogP) is 5.93. The molecule has 1 heterocycles. The first kappa shape index (κ1) is 23.3. The van der Waals surface area contributed by atoms with Crippen molar-refractivity contribution in [3.63, 3.8) is 0 Å². The topological polar surface area (TPSA) is 78.9 Å². The number of nitrogens with zero attached hydrogens (tertiary/aromatic N) is 3. The van der Waals surface area contributed by atoms with Crippen LogP contribution in [0.2, 0.25) is 0 Å². The van der Waals surface area contributed by atoms with Crippen LogP contribution in [0, 0.1) is 17.0 Å². The summed E-state index contributed by atoms with van der Waals surface area (Å²) in [6, 6.07) is 20.6. The Morgan fingerprint density at radius 3 is 2.32 bits per heavy atom. The number of non-ortho nitro benzene ring substituents is 1. The van der Waals surface area contributed by atoms with E-state index in [-0.39, 0.29) is 10.6 Å². The Balaban J connectivity index is 1.72. The minimum atomic E-state index is -0.388. The van der Waals surface area contributed by atoms with E-state index < -0.39 is 0 Å². The molecule has 7 nitrogen and oxygen atoms in total. The SMILES string of the molecule is COc1ccc(CCn2c(-c3ccc([N+](=O)[O-])cc3)csc2=Nc2ccc(C)cc2)cc1OC. The Kier molecular flexibility index (Phi) is 7.08. The van der Waals surface area contributed by atoms with Gasteiger partial charge in [0.2, 0.25) is 0 Å². The van der Waals surface area contributed by atoms with Crippen LogP contribution in [0.15, 0.2) is 77.1 Å². The quantitative estimate of drug-likeness (QED) is 0.234. The van der Waals surface area contributed by atoms with E-state index in [1.807, 2.05) is 54.8 Å². The molecule has 0 unspecified atom stereocenters. The van der Waals surface area contributed by atoms with E-state index in [4.69, 9.17) is 14.5 Å². The summed E-state index contributed by atoms with van der Waals surface area (Å²) in [5.74, 6) is 1.38. The van der Waals surface area contributed by atoms with E-state index in [0.717, 1.165) is 33.7 Å². The lowest BCUT2D eigenvalue weighted by atomic mass is 10.1. The van der Waals surface area contributed by atoms with Crippen molar-refractivity contribution >= 4 is 22.7 Å². The number of nitro groups is 1. The van der Waals surface area contributed by atoms with E-state index in [1.54, 1.807) is 37.7 Å². The first-order valence-electron chi connectivity index (χ1n) is 10.7. The highest BCUT2D eigenvalue weighted by Crippen LogP contribution is 2.28. The maximum Gasteiger partial charge on any atom is 0.269 e. The van der Waals surface area contributed by atoms with Crippen molar-refractivity contribution < 1.29 is 14.4 Å². The normalized spacial score (nSPS) is 11.4. The molecule has 0 radical (unpaired) electrons. The lowest BCUT2D eigenvalue weighted by molar-refractivity contribution is -0.384. The monoisotopic (exact) mass is 475 g/mol. The van der Waals surface area contributed by atoms with Crippen LogP contribution in [-0.2, 0) is 13.0 Å². The van der Waals surface area contributed by atoms with Gasteiger partial charge in [0.1, 0.15) is 0 Å². The Morgan fingerprint density at radius 1 is 0.971 bits per heavy atom. The number of nitro benzene ring substituents is 1. The number of thiazole rings is 1. The highest BCUT2D eigenvalue weighted by molar-refractivity contribution is 7.07. The van der Waals surface area contributed by atoms with Crippen LogP contribution in [0.3, 0.4) is 0 Å². The third-order valence-corrected chi connectivity index (χ3v) is 6.37. The fourth-order valence-electron chi connectivity index (χ4n) is 3.63. The van der Waals surface area contributed by atoms with Gasteiger partial charge in [-0.25, -0.2) is 4.99 Å². The van der Waals surface area contributed by atoms with Crippen LogP contribution >= 0.6 is 11.3 Å². The summed E-state index contributed by atoms with van der Waals surface area (Å²) in [6.07, 6.45) is 0.748. The standard InChI is InChI=1S/C26H25N3O4S/c1-18-4-9-21(10-5-18)27-26-28(15-14-19-6-13-24(32-2)25(16-19)33-3)23(17-34-26)20-7-11-22(12-8-20)29(30)31/h4-13,16-17H,14-15H2,1-3H3. The van der Waals surface area contributed by atoms with Crippen molar-refractivity contribution in [1.82, 2.24) is 4.57 Å². The molecule has 0 saturated carbocycles. The molecule has 0 aliphatic carbocycles. The first-order valence-corrected chi connectivity index (χ1v) is 11.6. The molecular weight excluding hydrogens is 450 g/mol. The van der Waals surface area contributed by atoms with Gasteiger partial charge in [-0.2, -0.15) is 0 Å². The van der Waals surface area contributed by atoms with Crippen LogP contribution in [-0.4, -0.2) is 23.7 Å². The zero-order chi connectivity index (χ0) is 24.1. The lowest BCUT2D eigenvalue weighted by Gasteiger charge is -2.12. The third kappa shape index (κ3) is 5.18. The summed E-state index contributed by atoms with van der Waals surface area (Å²) in [5.41, 5.74) is 5.10. The first-order chi connectivity index (χ1) is 16.5. The smallest absolute Gasteiger partial charge is 0.269 e. The Labute approximate surface area is 201 Å². The average molecular weight is 476 g/mol. The molecule has 0 bridgehead atoms. The van der Waals surface area contributed by atoms with Gasteiger partial charge in [0, 0.05) is 24.1 Å². The van der Waals surface area contributed by atoms with Crippen molar-refractivity contribution in [2.45, 2.75) is 19.9 Å². The van der Waals surface area contributed by atoms with Gasteiger partial charge in [-0.05, 0) is 60.9 Å². The number of methoxy groups -OCH3 is 2. The molecule has 8 heteroatoms. The van der Waals surface area contributed by atoms with Crippen LogP contribution in [0.5, 0.6) is 11.5 Å². The molecule has 0 amide bonds. The van der Waals surface area contributed by atoms with Gasteiger partial charge in [-0.3, -0.25) is 10.1 Å². The van der Waals surface area contributed by atoms with Gasteiger partial charge in [-0.15, -0.1) is 11.3 Å². The van der Waals surface area contributed by atoms with Crippen molar-refractivity contribution in [2.24, 2.45) is 4.99 Å². The second-order valence-electron chi connectivity index (χ2n) is 7.75. The molecule has 0 aliphatic heterocycles. The number of aromatic nitrogens is 1. The van der Waals surface area contributed by atoms with Gasteiger partial charge >= 0.3 is 0 Å². The highest BCUT2D eigenvalue weighted by atomic mass is 32.1. The average Bonchev–Trinajstić information content (AvgIpc) is 3.26. The molecule has 0 atom stereocenters. The molecule has 3 aromatic carbocycles. The molecule has 0 fully saturated rings. The van der Waals surface area contributed by atoms with Crippen LogP contribution < -0.4 is 14.3 Å². The number of ether oxygens (including phenoxy) is 2. The molecule has 0 saturated heterocycles. The zero-order valence-corrected chi connectivity index (χ0v) is 20.0. The lowest BCUT2D eigenvalue weighted by Crippen LogP contribution is -2.17. The minimum Gasteiger partial charge on any atom is -0.493 e. The van der Waals surface area contributed by atoms with Gasteiger partial charge in [0.05, 0.1) is 30.5 Å². The van der Waals surface area contributed by atoms with Crippen LogP contribution in [0.25, 0.3) is 11.3 Å². The molecule has 4 rings (SSSR count). The second-order valence-corrected chi connectivity index (χ2v) is 8.58. The Bertz CT molecular complexity index is 1360. The van der Waals surface area contributed by atoms with E-state index in [1.165, 1.54) is 17.7 Å². The van der Waals surface area contributed by atoms with Gasteiger partial charge in [0.25, 0.3) is 5.69 Å². The molecule has 0 aliphatic rings. The summed E-state index contributed by atoms with van der Waals surface area (Å²) >= 11 is 1.55. The number of benzene rings is 3. The maximum absolute atomic E-state index is 11.1. The number of aryl methyl sites for hydroxylation is 2. The minimum absolute atomic E-state index is 0.0698. The van der Waals surface area contributed by atoms with Gasteiger partial charge in [0.15, 0.2) is 16.3 Å².